The Morgan fingerprint density at radius 2 is 2.17 bits per heavy atom. The highest BCUT2D eigenvalue weighted by Gasteiger charge is 2.08. The van der Waals surface area contributed by atoms with Gasteiger partial charge in [-0.05, 0) is 12.2 Å². The maximum Gasteiger partial charge on any atom is 0.329 e. The summed E-state index contributed by atoms with van der Waals surface area (Å²) in [7, 11) is 1.49. The van der Waals surface area contributed by atoms with Crippen LogP contribution in [0, 0.1) is 0 Å². The van der Waals surface area contributed by atoms with Gasteiger partial charge in [0.2, 0.25) is 0 Å². The highest BCUT2D eigenvalue weighted by atomic mass is 32.2. The molecule has 0 aromatic carbocycles. The lowest BCUT2D eigenvalue weighted by molar-refractivity contribution is 0.296. The molecule has 0 aliphatic rings. The second-order valence-corrected chi connectivity index (χ2v) is 4.92. The number of hydrogen-bond acceptors (Lipinski definition) is 6. The zero-order chi connectivity index (χ0) is 13.5. The molecule has 1 heterocycles. The summed E-state index contributed by atoms with van der Waals surface area (Å²) < 4.78 is 1.18. The Kier molecular flexibility index (Phi) is 5.79. The first-order chi connectivity index (χ1) is 8.57. The van der Waals surface area contributed by atoms with Gasteiger partial charge in [-0.3, -0.25) is 14.3 Å². The molecule has 0 saturated heterocycles. The van der Waals surface area contributed by atoms with Crippen LogP contribution in [0.2, 0.25) is 0 Å². The van der Waals surface area contributed by atoms with E-state index in [9.17, 15) is 9.59 Å². The number of aromatic nitrogens is 2. The molecule has 18 heavy (non-hydrogen) atoms. The molecule has 1 aromatic rings. The average molecular weight is 274 g/mol. The molecule has 0 radical (unpaired) electrons. The number of aliphatic hydroxyl groups excluding tert-OH is 1. The molecule has 0 saturated carbocycles. The van der Waals surface area contributed by atoms with Gasteiger partial charge in [-0.2, -0.15) is 11.8 Å². The van der Waals surface area contributed by atoms with Crippen LogP contribution >= 0.6 is 11.8 Å². The zero-order valence-corrected chi connectivity index (χ0v) is 11.0. The van der Waals surface area contributed by atoms with Crippen LogP contribution in [-0.2, 0) is 7.05 Å². The molecule has 1 aromatic heterocycles. The predicted molar refractivity (Wildman–Crippen MR) is 74.2 cm³/mol. The summed E-state index contributed by atoms with van der Waals surface area (Å²) in [6, 6.07) is 0. The zero-order valence-electron chi connectivity index (χ0n) is 10.2. The second-order valence-electron chi connectivity index (χ2n) is 3.69. The summed E-state index contributed by atoms with van der Waals surface area (Å²) in [6.45, 7) is 0.759. The third-order valence-corrected chi connectivity index (χ3v) is 3.43. The molecule has 5 N–H and O–H groups in total. The number of hydrogen-bond donors (Lipinski definition) is 4. The minimum atomic E-state index is -0.527. The van der Waals surface area contributed by atoms with Crippen LogP contribution in [-0.4, -0.2) is 39.3 Å². The molecular formula is C10H18N4O3S. The van der Waals surface area contributed by atoms with E-state index in [0.29, 0.717) is 6.54 Å². The van der Waals surface area contributed by atoms with E-state index in [1.807, 2.05) is 0 Å². The number of anilines is 2. The largest absolute Gasteiger partial charge is 0.396 e. The number of aromatic amines is 1. The third-order valence-electron chi connectivity index (χ3n) is 2.36. The number of nitrogens with two attached hydrogens (primary N) is 1. The van der Waals surface area contributed by atoms with E-state index in [2.05, 4.69) is 10.3 Å². The number of nitrogens with one attached hydrogen (secondary N) is 2. The fourth-order valence-corrected chi connectivity index (χ4v) is 2.11. The van der Waals surface area contributed by atoms with Crippen molar-refractivity contribution < 1.29 is 5.11 Å². The monoisotopic (exact) mass is 274 g/mol. The van der Waals surface area contributed by atoms with Crippen LogP contribution in [0.5, 0.6) is 0 Å². The first kappa shape index (κ1) is 14.7. The summed E-state index contributed by atoms with van der Waals surface area (Å²) in [5, 5.41) is 11.5. The number of H-pyrrole nitrogens is 1. The smallest absolute Gasteiger partial charge is 0.329 e. The van der Waals surface area contributed by atoms with Gasteiger partial charge in [0.05, 0.1) is 0 Å². The van der Waals surface area contributed by atoms with Gasteiger partial charge in [-0.25, -0.2) is 4.79 Å². The van der Waals surface area contributed by atoms with Crippen molar-refractivity contribution in [2.75, 3.05) is 35.7 Å². The SMILES string of the molecule is Cn1c(N)c(NCCSCCCO)c(=O)[nH]c1=O. The first-order valence-electron chi connectivity index (χ1n) is 5.59. The Morgan fingerprint density at radius 3 is 2.83 bits per heavy atom. The maximum atomic E-state index is 11.5. The summed E-state index contributed by atoms with van der Waals surface area (Å²) in [5.74, 6) is 1.79. The van der Waals surface area contributed by atoms with Gasteiger partial charge >= 0.3 is 5.69 Å². The van der Waals surface area contributed by atoms with E-state index < -0.39 is 11.2 Å². The number of nitrogen functional groups attached to an aromatic ring is 1. The van der Waals surface area contributed by atoms with Crippen molar-refractivity contribution in [1.82, 2.24) is 9.55 Å². The maximum absolute atomic E-state index is 11.5. The summed E-state index contributed by atoms with van der Waals surface area (Å²) in [5.41, 5.74) is 4.88. The molecule has 102 valence electrons. The molecule has 0 fully saturated rings. The van der Waals surface area contributed by atoms with Crippen LogP contribution in [0.25, 0.3) is 0 Å². The Bertz CT molecular complexity index is 497. The van der Waals surface area contributed by atoms with Gasteiger partial charge in [-0.15, -0.1) is 0 Å². The summed E-state index contributed by atoms with van der Waals surface area (Å²) in [6.07, 6.45) is 0.757. The highest BCUT2D eigenvalue weighted by molar-refractivity contribution is 7.99. The Morgan fingerprint density at radius 1 is 1.44 bits per heavy atom. The minimum Gasteiger partial charge on any atom is -0.396 e. The van der Waals surface area contributed by atoms with Gasteiger partial charge < -0.3 is 16.2 Å². The third kappa shape index (κ3) is 3.81. The molecule has 8 heteroatoms. The number of thioether (sulfide) groups is 1. The van der Waals surface area contributed by atoms with Crippen LogP contribution in [0.3, 0.4) is 0 Å². The van der Waals surface area contributed by atoms with Crippen LogP contribution in [0.15, 0.2) is 9.59 Å². The molecular weight excluding hydrogens is 256 g/mol. The van der Waals surface area contributed by atoms with Gasteiger partial charge in [0.1, 0.15) is 11.5 Å². The van der Waals surface area contributed by atoms with Gasteiger partial charge in [0, 0.05) is 26.0 Å². The predicted octanol–water partition coefficient (Wildman–Crippen LogP) is -0.817. The van der Waals surface area contributed by atoms with Gasteiger partial charge in [0.25, 0.3) is 5.56 Å². The molecule has 7 nitrogen and oxygen atoms in total. The number of aliphatic hydroxyl groups is 1. The van der Waals surface area contributed by atoms with Crippen LogP contribution < -0.4 is 22.3 Å². The summed E-state index contributed by atoms with van der Waals surface area (Å²) >= 11 is 1.67. The van der Waals surface area contributed by atoms with Crippen LogP contribution in [0.1, 0.15) is 6.42 Å². The van der Waals surface area contributed by atoms with Crippen LogP contribution in [0.4, 0.5) is 11.5 Å². The molecule has 1 rings (SSSR count). The molecule has 0 aliphatic heterocycles. The second kappa shape index (κ2) is 7.12. The number of nitrogens with zero attached hydrogens (tertiary/aromatic N) is 1. The lowest BCUT2D eigenvalue weighted by Gasteiger charge is -2.10. The fraction of sp³-hybridized carbons (Fsp3) is 0.600. The van der Waals surface area contributed by atoms with Crippen molar-refractivity contribution in [3.8, 4) is 0 Å². The Hall–Kier alpha value is -1.41. The molecule has 0 bridgehead atoms. The number of rotatable bonds is 7. The topological polar surface area (TPSA) is 113 Å². The minimum absolute atomic E-state index is 0.129. The molecule has 0 spiro atoms. The average Bonchev–Trinajstić information content (AvgIpc) is 2.34. The van der Waals surface area contributed by atoms with Crippen molar-refractivity contribution >= 4 is 23.3 Å². The van der Waals surface area contributed by atoms with E-state index in [-0.39, 0.29) is 18.1 Å². The van der Waals surface area contributed by atoms with E-state index in [1.165, 1.54) is 11.6 Å². The van der Waals surface area contributed by atoms with Crippen molar-refractivity contribution in [3.63, 3.8) is 0 Å². The fourth-order valence-electron chi connectivity index (χ4n) is 1.32. The van der Waals surface area contributed by atoms with E-state index >= 15 is 0 Å². The molecule has 0 atom stereocenters. The Balaban J connectivity index is 2.55. The van der Waals surface area contributed by atoms with Gasteiger partial charge in [0.15, 0.2) is 0 Å². The first-order valence-corrected chi connectivity index (χ1v) is 6.74. The van der Waals surface area contributed by atoms with Crippen molar-refractivity contribution in [2.24, 2.45) is 7.05 Å². The quantitative estimate of drug-likeness (QED) is 0.483. The van der Waals surface area contributed by atoms with Crippen molar-refractivity contribution in [1.29, 1.82) is 0 Å². The standard InChI is InChI=1S/C10H18N4O3S/c1-14-8(11)7(9(16)13-10(14)17)12-3-6-18-5-2-4-15/h12,15H,2-6,11H2,1H3,(H,13,16,17). The van der Waals surface area contributed by atoms with Crippen molar-refractivity contribution in [2.45, 2.75) is 6.42 Å². The van der Waals surface area contributed by atoms with E-state index in [1.54, 1.807) is 11.8 Å². The lowest BCUT2D eigenvalue weighted by atomic mass is 10.4. The van der Waals surface area contributed by atoms with E-state index in [4.69, 9.17) is 10.8 Å². The lowest BCUT2D eigenvalue weighted by Crippen LogP contribution is -2.32. The Labute approximate surface area is 108 Å². The highest BCUT2D eigenvalue weighted by Crippen LogP contribution is 2.09. The summed E-state index contributed by atoms with van der Waals surface area (Å²) in [4.78, 5) is 24.9. The normalized spacial score (nSPS) is 10.6. The van der Waals surface area contributed by atoms with E-state index in [0.717, 1.165) is 17.9 Å². The molecule has 0 amide bonds. The van der Waals surface area contributed by atoms with Gasteiger partial charge in [-0.1, -0.05) is 0 Å². The molecule has 0 unspecified atom stereocenters. The van der Waals surface area contributed by atoms with Crippen molar-refractivity contribution in [3.05, 3.63) is 20.8 Å². The molecule has 0 aliphatic carbocycles.